The van der Waals surface area contributed by atoms with Crippen LogP contribution in [0.1, 0.15) is 23.2 Å². The van der Waals surface area contributed by atoms with Crippen LogP contribution in [0.15, 0.2) is 30.3 Å². The lowest BCUT2D eigenvalue weighted by molar-refractivity contribution is 0.101. The van der Waals surface area contributed by atoms with Gasteiger partial charge < -0.3 is 0 Å². The lowest BCUT2D eigenvalue weighted by Gasteiger charge is -2.17. The molecule has 100 valence electrons. The van der Waals surface area contributed by atoms with E-state index in [2.05, 4.69) is 0 Å². The summed E-state index contributed by atoms with van der Waals surface area (Å²) in [4.78, 5) is 11.9. The molecule has 5 nitrogen and oxygen atoms in total. The summed E-state index contributed by atoms with van der Waals surface area (Å²) in [6.07, 6.45) is 1.53. The number of sulfonamides is 1. The lowest BCUT2D eigenvalue weighted by atomic mass is 10.2. The minimum atomic E-state index is -3.71. The molecular formula is C13H14N2O3S. The molecule has 1 aliphatic rings. The van der Waals surface area contributed by atoms with Crippen LogP contribution >= 0.6 is 0 Å². The summed E-state index contributed by atoms with van der Waals surface area (Å²) in [5.41, 5.74) is 0.374. The maximum Gasteiger partial charge on any atom is 0.222 e. The average molecular weight is 278 g/mol. The van der Waals surface area contributed by atoms with Crippen LogP contribution in [0.5, 0.6) is 0 Å². The van der Waals surface area contributed by atoms with Gasteiger partial charge in [-0.15, -0.1) is 0 Å². The first-order valence-corrected chi connectivity index (χ1v) is 7.60. The SMILES string of the molecule is N#CCN(C1CC1)S(=O)(=O)CC(=O)c1ccccc1. The molecule has 1 aromatic rings. The van der Waals surface area contributed by atoms with Crippen LogP contribution in [0, 0.1) is 11.3 Å². The van der Waals surface area contributed by atoms with E-state index >= 15 is 0 Å². The smallest absolute Gasteiger partial charge is 0.222 e. The molecule has 6 heteroatoms. The number of nitrogens with zero attached hydrogens (tertiary/aromatic N) is 2. The van der Waals surface area contributed by atoms with Gasteiger partial charge in [-0.2, -0.15) is 9.57 Å². The molecule has 2 rings (SSSR count). The molecule has 0 aromatic heterocycles. The van der Waals surface area contributed by atoms with E-state index < -0.39 is 21.6 Å². The van der Waals surface area contributed by atoms with Gasteiger partial charge in [0, 0.05) is 11.6 Å². The fourth-order valence-electron chi connectivity index (χ4n) is 1.84. The number of benzene rings is 1. The van der Waals surface area contributed by atoms with Crippen molar-refractivity contribution < 1.29 is 13.2 Å². The Bertz CT molecular complexity index is 601. The molecule has 1 fully saturated rings. The molecule has 0 unspecified atom stereocenters. The number of hydrogen-bond acceptors (Lipinski definition) is 4. The Morgan fingerprint density at radius 3 is 2.47 bits per heavy atom. The first-order valence-electron chi connectivity index (χ1n) is 5.99. The topological polar surface area (TPSA) is 78.2 Å². The number of hydrogen-bond donors (Lipinski definition) is 0. The quantitative estimate of drug-likeness (QED) is 0.578. The first kappa shape index (κ1) is 13.7. The molecule has 0 bridgehead atoms. The molecule has 19 heavy (non-hydrogen) atoms. The van der Waals surface area contributed by atoms with E-state index in [0.717, 1.165) is 17.1 Å². The number of carbonyl (C=O) groups is 1. The van der Waals surface area contributed by atoms with E-state index in [-0.39, 0.29) is 12.6 Å². The molecular weight excluding hydrogens is 264 g/mol. The Hall–Kier alpha value is -1.71. The molecule has 0 saturated heterocycles. The van der Waals surface area contributed by atoms with Crippen molar-refractivity contribution >= 4 is 15.8 Å². The van der Waals surface area contributed by atoms with E-state index in [1.54, 1.807) is 30.3 Å². The van der Waals surface area contributed by atoms with Gasteiger partial charge in [-0.1, -0.05) is 30.3 Å². The molecule has 0 spiro atoms. The monoisotopic (exact) mass is 278 g/mol. The molecule has 1 aliphatic carbocycles. The van der Waals surface area contributed by atoms with Gasteiger partial charge in [0.15, 0.2) is 5.78 Å². The third-order valence-electron chi connectivity index (χ3n) is 2.95. The highest BCUT2D eigenvalue weighted by molar-refractivity contribution is 7.89. The van der Waals surface area contributed by atoms with Crippen molar-refractivity contribution in [3.05, 3.63) is 35.9 Å². The predicted octanol–water partition coefficient (Wildman–Crippen LogP) is 1.19. The van der Waals surface area contributed by atoms with E-state index in [4.69, 9.17) is 5.26 Å². The van der Waals surface area contributed by atoms with E-state index in [9.17, 15) is 13.2 Å². The summed E-state index contributed by atoms with van der Waals surface area (Å²) in [6, 6.07) is 10.1. The Balaban J connectivity index is 2.12. The van der Waals surface area contributed by atoms with Crippen molar-refractivity contribution in [2.24, 2.45) is 0 Å². The Morgan fingerprint density at radius 1 is 1.32 bits per heavy atom. The molecule has 0 heterocycles. The number of nitriles is 1. The zero-order valence-corrected chi connectivity index (χ0v) is 11.1. The highest BCUT2D eigenvalue weighted by Crippen LogP contribution is 2.29. The van der Waals surface area contributed by atoms with Crippen LogP contribution in [0.4, 0.5) is 0 Å². The van der Waals surface area contributed by atoms with Gasteiger partial charge in [0.2, 0.25) is 10.0 Å². The van der Waals surface area contributed by atoms with Gasteiger partial charge >= 0.3 is 0 Å². The van der Waals surface area contributed by atoms with Gasteiger partial charge in [-0.3, -0.25) is 4.79 Å². The van der Waals surface area contributed by atoms with Crippen LogP contribution < -0.4 is 0 Å². The fourth-order valence-corrected chi connectivity index (χ4v) is 3.43. The Kier molecular flexibility index (Phi) is 3.98. The lowest BCUT2D eigenvalue weighted by Crippen LogP contribution is -2.37. The van der Waals surface area contributed by atoms with Crippen molar-refractivity contribution in [2.75, 3.05) is 12.3 Å². The molecule has 0 amide bonds. The van der Waals surface area contributed by atoms with Crippen molar-refractivity contribution in [3.8, 4) is 6.07 Å². The average Bonchev–Trinajstić information content (AvgIpc) is 3.20. The van der Waals surface area contributed by atoms with Crippen LogP contribution in [0.25, 0.3) is 0 Å². The summed E-state index contributed by atoms with van der Waals surface area (Å²) >= 11 is 0. The summed E-state index contributed by atoms with van der Waals surface area (Å²) in [5.74, 6) is -1.01. The third-order valence-corrected chi connectivity index (χ3v) is 4.72. The zero-order valence-electron chi connectivity index (χ0n) is 10.3. The second-order valence-corrected chi connectivity index (χ2v) is 6.40. The van der Waals surface area contributed by atoms with Crippen LogP contribution in [-0.2, 0) is 10.0 Å². The van der Waals surface area contributed by atoms with Crippen LogP contribution in [-0.4, -0.2) is 36.8 Å². The third kappa shape index (κ3) is 3.40. The van der Waals surface area contributed by atoms with Crippen LogP contribution in [0.2, 0.25) is 0 Å². The van der Waals surface area contributed by atoms with Crippen molar-refractivity contribution in [3.63, 3.8) is 0 Å². The van der Waals surface area contributed by atoms with Gasteiger partial charge in [0.1, 0.15) is 12.3 Å². The fraction of sp³-hybridized carbons (Fsp3) is 0.385. The maximum atomic E-state index is 12.1. The molecule has 0 radical (unpaired) electrons. The van der Waals surface area contributed by atoms with Crippen molar-refractivity contribution in [1.82, 2.24) is 4.31 Å². The highest BCUT2D eigenvalue weighted by atomic mass is 32.2. The van der Waals surface area contributed by atoms with Gasteiger partial charge in [-0.25, -0.2) is 8.42 Å². The summed E-state index contributed by atoms with van der Waals surface area (Å²) in [7, 11) is -3.71. The molecule has 1 aromatic carbocycles. The predicted molar refractivity (Wildman–Crippen MR) is 69.9 cm³/mol. The van der Waals surface area contributed by atoms with Crippen molar-refractivity contribution in [1.29, 1.82) is 5.26 Å². The number of ketones is 1. The largest absolute Gasteiger partial charge is 0.293 e. The summed E-state index contributed by atoms with van der Waals surface area (Å²) in [6.45, 7) is -0.185. The normalized spacial score (nSPS) is 15.2. The zero-order chi connectivity index (χ0) is 13.9. The second kappa shape index (κ2) is 5.51. The van der Waals surface area contributed by atoms with Gasteiger partial charge in [0.25, 0.3) is 0 Å². The molecule has 0 N–H and O–H groups in total. The van der Waals surface area contributed by atoms with Gasteiger partial charge in [-0.05, 0) is 12.8 Å². The Morgan fingerprint density at radius 2 is 1.95 bits per heavy atom. The minimum absolute atomic E-state index is 0.103. The van der Waals surface area contributed by atoms with Gasteiger partial charge in [0.05, 0.1) is 6.07 Å². The maximum absolute atomic E-state index is 12.1. The van der Waals surface area contributed by atoms with Crippen LogP contribution in [0.3, 0.4) is 0 Å². The number of Topliss-reactive ketones (excluding diaryl/α,β-unsaturated/α-hetero) is 1. The van der Waals surface area contributed by atoms with E-state index in [0.29, 0.717) is 5.56 Å². The van der Waals surface area contributed by atoms with Crippen molar-refractivity contribution in [2.45, 2.75) is 18.9 Å². The second-order valence-electron chi connectivity index (χ2n) is 4.48. The van der Waals surface area contributed by atoms with E-state index in [1.165, 1.54) is 0 Å². The highest BCUT2D eigenvalue weighted by Gasteiger charge is 2.38. The first-order chi connectivity index (χ1) is 9.04. The summed E-state index contributed by atoms with van der Waals surface area (Å²) in [5, 5.41) is 8.69. The standard InChI is InChI=1S/C13H14N2O3S/c14-8-9-15(12-6-7-12)19(17,18)10-13(16)11-4-2-1-3-5-11/h1-5,12H,6-7,9-10H2. The Labute approximate surface area is 112 Å². The number of carbonyl (C=O) groups excluding carboxylic acids is 1. The summed E-state index contributed by atoms with van der Waals surface area (Å²) < 4.78 is 25.4. The molecule has 0 aliphatic heterocycles. The van der Waals surface area contributed by atoms with E-state index in [1.807, 2.05) is 6.07 Å². The molecule has 1 saturated carbocycles. The minimum Gasteiger partial charge on any atom is -0.293 e. The molecule has 0 atom stereocenters. The number of rotatable bonds is 6.